The molecule has 37 heavy (non-hydrogen) atoms. The molecule has 1 aliphatic heterocycles. The third-order valence-electron chi connectivity index (χ3n) is 6.07. The minimum Gasteiger partial charge on any atom is -0.497 e. The summed E-state index contributed by atoms with van der Waals surface area (Å²) in [5.41, 5.74) is 3.64. The standard InChI is InChI=1S/C30H26ClN3O3/c1-21(35)29-32-34(26-8-4-3-5-9-26)30(33(29)25-15-17-27(36-2)18-16-25)23-7-6-10-28(19-23)37-20-22-11-13-24(31)14-12-22/h3-19,30H,20H2,1-2H3. The molecule has 6 nitrogen and oxygen atoms in total. The number of amidine groups is 1. The van der Waals surface area contributed by atoms with Crippen molar-refractivity contribution < 1.29 is 14.3 Å². The zero-order valence-electron chi connectivity index (χ0n) is 20.5. The maximum atomic E-state index is 12.8. The first kappa shape index (κ1) is 24.4. The van der Waals surface area contributed by atoms with Gasteiger partial charge >= 0.3 is 0 Å². The van der Waals surface area contributed by atoms with Crippen molar-refractivity contribution >= 4 is 34.6 Å². The summed E-state index contributed by atoms with van der Waals surface area (Å²) in [4.78, 5) is 14.8. The Hall–Kier alpha value is -4.29. The highest BCUT2D eigenvalue weighted by Gasteiger charge is 2.39. The van der Waals surface area contributed by atoms with Gasteiger partial charge in [0.05, 0.1) is 12.8 Å². The van der Waals surface area contributed by atoms with Gasteiger partial charge in [0.1, 0.15) is 18.1 Å². The number of benzene rings is 4. The lowest BCUT2D eigenvalue weighted by atomic mass is 10.1. The van der Waals surface area contributed by atoms with Gasteiger partial charge < -0.3 is 9.47 Å². The summed E-state index contributed by atoms with van der Waals surface area (Å²) in [5, 5.41) is 7.35. The van der Waals surface area contributed by atoms with Crippen molar-refractivity contribution in [2.45, 2.75) is 19.7 Å². The number of methoxy groups -OCH3 is 1. The Morgan fingerprint density at radius 1 is 0.865 bits per heavy atom. The molecule has 0 N–H and O–H groups in total. The number of hydrogen-bond donors (Lipinski definition) is 0. The molecule has 4 aromatic carbocycles. The molecule has 0 saturated heterocycles. The van der Waals surface area contributed by atoms with Gasteiger partial charge in [0.2, 0.25) is 0 Å². The molecule has 0 saturated carbocycles. The molecular weight excluding hydrogens is 486 g/mol. The van der Waals surface area contributed by atoms with E-state index in [2.05, 4.69) is 0 Å². The molecule has 1 aliphatic rings. The van der Waals surface area contributed by atoms with Crippen molar-refractivity contribution in [2.24, 2.45) is 5.10 Å². The minimum atomic E-state index is -0.409. The number of ketones is 1. The number of Topliss-reactive ketones (excluding diaryl/α,β-unsaturated/α-hetero) is 1. The Bertz CT molecular complexity index is 1410. The maximum Gasteiger partial charge on any atom is 0.198 e. The predicted molar refractivity (Wildman–Crippen MR) is 147 cm³/mol. The maximum absolute atomic E-state index is 12.8. The van der Waals surface area contributed by atoms with Crippen molar-refractivity contribution in [2.75, 3.05) is 17.0 Å². The lowest BCUT2D eigenvalue weighted by Crippen LogP contribution is -2.37. The second-order valence-corrected chi connectivity index (χ2v) is 9.03. The second-order valence-electron chi connectivity index (χ2n) is 8.59. The molecule has 0 bridgehead atoms. The van der Waals surface area contributed by atoms with Crippen LogP contribution in [0.25, 0.3) is 0 Å². The lowest BCUT2D eigenvalue weighted by Gasteiger charge is -2.32. The number of ether oxygens (including phenoxy) is 2. The van der Waals surface area contributed by atoms with Crippen LogP contribution in [0.2, 0.25) is 5.02 Å². The second kappa shape index (κ2) is 10.8. The molecule has 0 fully saturated rings. The van der Waals surface area contributed by atoms with Crippen LogP contribution in [0.3, 0.4) is 0 Å². The zero-order chi connectivity index (χ0) is 25.8. The van der Waals surface area contributed by atoms with Gasteiger partial charge in [-0.3, -0.25) is 9.69 Å². The highest BCUT2D eigenvalue weighted by molar-refractivity contribution is 6.44. The third-order valence-corrected chi connectivity index (χ3v) is 6.32. The van der Waals surface area contributed by atoms with Gasteiger partial charge in [-0.05, 0) is 66.2 Å². The smallest absolute Gasteiger partial charge is 0.198 e. The van der Waals surface area contributed by atoms with Crippen LogP contribution in [0, 0.1) is 0 Å². The van der Waals surface area contributed by atoms with Crippen molar-refractivity contribution in [3.05, 3.63) is 119 Å². The van der Waals surface area contributed by atoms with Crippen molar-refractivity contribution in [3.8, 4) is 11.5 Å². The van der Waals surface area contributed by atoms with Gasteiger partial charge in [-0.2, -0.15) is 0 Å². The number of rotatable bonds is 8. The Morgan fingerprint density at radius 3 is 2.27 bits per heavy atom. The van der Waals surface area contributed by atoms with Crippen LogP contribution in [0.4, 0.5) is 11.4 Å². The van der Waals surface area contributed by atoms with Crippen LogP contribution >= 0.6 is 11.6 Å². The monoisotopic (exact) mass is 511 g/mol. The molecule has 0 spiro atoms. The topological polar surface area (TPSA) is 54.4 Å². The fourth-order valence-electron chi connectivity index (χ4n) is 4.26. The summed E-state index contributed by atoms with van der Waals surface area (Å²) in [7, 11) is 1.63. The van der Waals surface area contributed by atoms with Gasteiger partial charge in [-0.15, -0.1) is 5.10 Å². The van der Waals surface area contributed by atoms with E-state index in [-0.39, 0.29) is 5.78 Å². The van der Waals surface area contributed by atoms with Crippen molar-refractivity contribution in [1.82, 2.24) is 0 Å². The van der Waals surface area contributed by atoms with Crippen molar-refractivity contribution in [3.63, 3.8) is 0 Å². The van der Waals surface area contributed by atoms with E-state index in [1.807, 2.05) is 113 Å². The highest BCUT2D eigenvalue weighted by atomic mass is 35.5. The van der Waals surface area contributed by atoms with Gasteiger partial charge in [0, 0.05) is 23.2 Å². The largest absolute Gasteiger partial charge is 0.497 e. The number of nitrogens with zero attached hydrogens (tertiary/aromatic N) is 3. The van der Waals surface area contributed by atoms with Gasteiger partial charge in [0.15, 0.2) is 17.8 Å². The van der Waals surface area contributed by atoms with E-state index in [0.717, 1.165) is 28.3 Å². The molecule has 7 heteroatoms. The van der Waals surface area contributed by atoms with Crippen LogP contribution in [0.5, 0.6) is 11.5 Å². The number of halogens is 1. The number of carbonyl (C=O) groups is 1. The first-order valence-electron chi connectivity index (χ1n) is 11.9. The number of carbonyl (C=O) groups excluding carboxylic acids is 1. The molecule has 0 aliphatic carbocycles. The molecular formula is C30H26ClN3O3. The Kier molecular flexibility index (Phi) is 7.10. The average Bonchev–Trinajstić information content (AvgIpc) is 3.35. The van der Waals surface area contributed by atoms with E-state index in [4.69, 9.17) is 26.2 Å². The number of hydrogen-bond acceptors (Lipinski definition) is 6. The molecule has 1 unspecified atom stereocenters. The summed E-state index contributed by atoms with van der Waals surface area (Å²) < 4.78 is 11.5. The fraction of sp³-hybridized carbons (Fsp3) is 0.133. The molecule has 0 amide bonds. The van der Waals surface area contributed by atoms with Crippen LogP contribution in [-0.4, -0.2) is 18.7 Å². The first-order chi connectivity index (χ1) is 18.0. The van der Waals surface area contributed by atoms with E-state index in [1.165, 1.54) is 6.92 Å². The molecule has 4 aromatic rings. The van der Waals surface area contributed by atoms with Gasteiger partial charge in [-0.25, -0.2) is 5.01 Å². The fourth-order valence-corrected chi connectivity index (χ4v) is 4.38. The molecule has 1 heterocycles. The molecule has 5 rings (SSSR count). The molecule has 1 atom stereocenters. The highest BCUT2D eigenvalue weighted by Crippen LogP contribution is 2.40. The third kappa shape index (κ3) is 5.29. The quantitative estimate of drug-likeness (QED) is 0.259. The first-order valence-corrected chi connectivity index (χ1v) is 12.3. The van der Waals surface area contributed by atoms with E-state index < -0.39 is 6.17 Å². The lowest BCUT2D eigenvalue weighted by molar-refractivity contribution is -0.111. The summed E-state index contributed by atoms with van der Waals surface area (Å²) in [6.45, 7) is 1.94. The van der Waals surface area contributed by atoms with Crippen molar-refractivity contribution in [1.29, 1.82) is 0 Å². The van der Waals surface area contributed by atoms with E-state index in [0.29, 0.717) is 23.2 Å². The Balaban J connectivity index is 1.54. The molecule has 0 radical (unpaired) electrons. The minimum absolute atomic E-state index is 0.130. The van der Waals surface area contributed by atoms with E-state index in [9.17, 15) is 4.79 Å². The van der Waals surface area contributed by atoms with Crippen LogP contribution in [-0.2, 0) is 11.4 Å². The molecule has 186 valence electrons. The SMILES string of the molecule is COc1ccc(N2C(C(C)=O)=NN(c3ccccc3)C2c2cccc(OCc3ccc(Cl)cc3)c2)cc1. The average molecular weight is 512 g/mol. The van der Waals surface area contributed by atoms with Gasteiger partial charge in [-0.1, -0.05) is 54.1 Å². The van der Waals surface area contributed by atoms with E-state index >= 15 is 0 Å². The van der Waals surface area contributed by atoms with Crippen LogP contribution in [0.15, 0.2) is 108 Å². The zero-order valence-corrected chi connectivity index (χ0v) is 21.3. The van der Waals surface area contributed by atoms with Crippen LogP contribution in [0.1, 0.15) is 24.2 Å². The van der Waals surface area contributed by atoms with Crippen LogP contribution < -0.4 is 19.4 Å². The summed E-state index contributed by atoms with van der Waals surface area (Å²) in [6, 6.07) is 32.9. The van der Waals surface area contributed by atoms with E-state index in [1.54, 1.807) is 7.11 Å². The normalized spacial score (nSPS) is 14.9. The predicted octanol–water partition coefficient (Wildman–Crippen LogP) is 6.86. The Labute approximate surface area is 221 Å². The summed E-state index contributed by atoms with van der Waals surface area (Å²) >= 11 is 6.01. The van der Waals surface area contributed by atoms with Gasteiger partial charge in [0.25, 0.3) is 0 Å². The molecule has 0 aromatic heterocycles. The summed E-state index contributed by atoms with van der Waals surface area (Å²) in [6.07, 6.45) is -0.409. The summed E-state index contributed by atoms with van der Waals surface area (Å²) in [5.74, 6) is 1.67. The number of anilines is 2. The number of para-hydroxylation sites is 1. The Morgan fingerprint density at radius 2 is 1.59 bits per heavy atom. The number of hydrazone groups is 1.